The quantitative estimate of drug-likeness (QED) is 0.855. The third-order valence-electron chi connectivity index (χ3n) is 4.69. The van der Waals surface area contributed by atoms with Crippen LogP contribution in [-0.4, -0.2) is 48.3 Å². The minimum absolute atomic E-state index is 0.748. The van der Waals surface area contributed by atoms with E-state index in [0.717, 1.165) is 43.6 Å². The van der Waals surface area contributed by atoms with Gasteiger partial charge in [-0.3, -0.25) is 0 Å². The fourth-order valence-electron chi connectivity index (χ4n) is 3.19. The molecule has 0 radical (unpaired) electrons. The largest absolute Gasteiger partial charge is 0.353 e. The number of nitrogens with zero attached hydrogens (tertiary/aromatic N) is 4. The monoisotopic (exact) mass is 286 g/mol. The molecule has 4 heteroatoms. The van der Waals surface area contributed by atoms with Crippen LogP contribution in [0.1, 0.15) is 37.8 Å². The van der Waals surface area contributed by atoms with Crippen LogP contribution in [0.5, 0.6) is 0 Å². The molecule has 2 heterocycles. The predicted molar refractivity (Wildman–Crippen MR) is 87.4 cm³/mol. The van der Waals surface area contributed by atoms with Gasteiger partial charge in [-0.1, -0.05) is 25.3 Å². The molecular formula is C17H26N4. The summed E-state index contributed by atoms with van der Waals surface area (Å²) in [5, 5.41) is 8.76. The highest BCUT2D eigenvalue weighted by Gasteiger charge is 2.15. The summed E-state index contributed by atoms with van der Waals surface area (Å²) in [6, 6.07) is 4.21. The second-order valence-electron chi connectivity index (χ2n) is 6.36. The Morgan fingerprint density at radius 1 is 1.00 bits per heavy atom. The van der Waals surface area contributed by atoms with Gasteiger partial charge in [0, 0.05) is 26.2 Å². The lowest BCUT2D eigenvalue weighted by Crippen LogP contribution is -2.44. The van der Waals surface area contributed by atoms with Crippen LogP contribution in [0.4, 0.5) is 5.82 Å². The van der Waals surface area contributed by atoms with Gasteiger partial charge in [-0.2, -0.15) is 0 Å². The summed E-state index contributed by atoms with van der Waals surface area (Å²) < 4.78 is 0. The fourth-order valence-corrected chi connectivity index (χ4v) is 3.19. The van der Waals surface area contributed by atoms with Gasteiger partial charge in [0.1, 0.15) is 0 Å². The van der Waals surface area contributed by atoms with Gasteiger partial charge in [0.2, 0.25) is 0 Å². The van der Waals surface area contributed by atoms with E-state index in [9.17, 15) is 0 Å². The van der Waals surface area contributed by atoms with Gasteiger partial charge in [0.25, 0.3) is 0 Å². The predicted octanol–water partition coefficient (Wildman–Crippen LogP) is 2.82. The molecule has 114 valence electrons. The van der Waals surface area contributed by atoms with Crippen molar-refractivity contribution in [2.24, 2.45) is 5.92 Å². The normalized spacial score (nSPS) is 22.0. The topological polar surface area (TPSA) is 32.3 Å². The summed E-state index contributed by atoms with van der Waals surface area (Å²) in [4.78, 5) is 4.67. The van der Waals surface area contributed by atoms with E-state index in [-0.39, 0.29) is 0 Å². The third kappa shape index (κ3) is 4.03. The van der Waals surface area contributed by atoms with Crippen LogP contribution in [0.3, 0.4) is 0 Å². The van der Waals surface area contributed by atoms with Crippen molar-refractivity contribution in [3.63, 3.8) is 0 Å². The molecule has 2 fully saturated rings. The Hall–Kier alpha value is -1.42. The van der Waals surface area contributed by atoms with Crippen LogP contribution in [0.25, 0.3) is 6.08 Å². The van der Waals surface area contributed by atoms with E-state index < -0.39 is 0 Å². The molecule has 0 N–H and O–H groups in total. The van der Waals surface area contributed by atoms with E-state index in [4.69, 9.17) is 0 Å². The molecule has 1 aliphatic carbocycles. The number of allylic oxidation sites excluding steroid dienone is 1. The highest BCUT2D eigenvalue weighted by Crippen LogP contribution is 2.25. The molecule has 1 aliphatic heterocycles. The van der Waals surface area contributed by atoms with Gasteiger partial charge < -0.3 is 9.80 Å². The Labute approximate surface area is 127 Å². The van der Waals surface area contributed by atoms with Crippen LogP contribution in [-0.2, 0) is 0 Å². The van der Waals surface area contributed by atoms with Crippen LogP contribution in [0.15, 0.2) is 18.2 Å². The van der Waals surface area contributed by atoms with E-state index >= 15 is 0 Å². The zero-order valence-corrected chi connectivity index (χ0v) is 13.0. The molecule has 3 rings (SSSR count). The van der Waals surface area contributed by atoms with E-state index in [1.54, 1.807) is 0 Å². The molecule has 0 amide bonds. The van der Waals surface area contributed by atoms with Gasteiger partial charge >= 0.3 is 0 Å². The van der Waals surface area contributed by atoms with Crippen molar-refractivity contribution in [1.82, 2.24) is 15.1 Å². The van der Waals surface area contributed by atoms with Crippen molar-refractivity contribution in [1.29, 1.82) is 0 Å². The smallest absolute Gasteiger partial charge is 0.151 e. The second-order valence-corrected chi connectivity index (χ2v) is 6.36. The SMILES string of the molecule is CN1CCN(c2ccc(C=CC3CCCCC3)nn2)CC1. The van der Waals surface area contributed by atoms with Crippen molar-refractivity contribution in [3.05, 3.63) is 23.9 Å². The molecule has 0 bridgehead atoms. The first kappa shape index (κ1) is 14.5. The lowest BCUT2D eigenvalue weighted by molar-refractivity contribution is 0.312. The van der Waals surface area contributed by atoms with Crippen molar-refractivity contribution >= 4 is 11.9 Å². The Kier molecular flexibility index (Phi) is 4.86. The standard InChI is InChI=1S/C17H26N4/c1-20-11-13-21(14-12-20)17-10-9-16(18-19-17)8-7-15-5-3-2-4-6-15/h7-10,15H,2-6,11-14H2,1H3. The highest BCUT2D eigenvalue weighted by molar-refractivity contribution is 5.47. The maximum absolute atomic E-state index is 4.40. The summed E-state index contributed by atoms with van der Waals surface area (Å²) >= 11 is 0. The molecule has 1 aromatic heterocycles. The molecule has 1 aromatic rings. The number of piperazine rings is 1. The molecule has 21 heavy (non-hydrogen) atoms. The first-order chi connectivity index (χ1) is 10.3. The average Bonchev–Trinajstić information content (AvgIpc) is 2.55. The lowest BCUT2D eigenvalue weighted by atomic mass is 9.89. The molecule has 0 spiro atoms. The molecule has 1 saturated heterocycles. The van der Waals surface area contributed by atoms with Crippen LogP contribution < -0.4 is 4.90 Å². The average molecular weight is 286 g/mol. The molecule has 0 atom stereocenters. The Morgan fingerprint density at radius 3 is 2.43 bits per heavy atom. The van der Waals surface area contributed by atoms with Gasteiger partial charge in [0.05, 0.1) is 5.69 Å². The third-order valence-corrected chi connectivity index (χ3v) is 4.69. The molecule has 4 nitrogen and oxygen atoms in total. The Morgan fingerprint density at radius 2 is 1.76 bits per heavy atom. The van der Waals surface area contributed by atoms with Crippen molar-refractivity contribution in [2.45, 2.75) is 32.1 Å². The van der Waals surface area contributed by atoms with Crippen molar-refractivity contribution in [2.75, 3.05) is 38.1 Å². The summed E-state index contributed by atoms with van der Waals surface area (Å²) in [5.74, 6) is 1.76. The maximum Gasteiger partial charge on any atom is 0.151 e. The molecule has 0 aromatic carbocycles. The first-order valence-electron chi connectivity index (χ1n) is 8.27. The number of hydrogen-bond donors (Lipinski definition) is 0. The Balaban J connectivity index is 1.57. The van der Waals surface area contributed by atoms with Crippen LogP contribution >= 0.6 is 0 Å². The summed E-state index contributed by atoms with van der Waals surface area (Å²) in [6.45, 7) is 4.29. The van der Waals surface area contributed by atoms with Gasteiger partial charge in [-0.15, -0.1) is 10.2 Å². The molecule has 2 aliphatic rings. The second kappa shape index (κ2) is 7.03. The Bertz CT molecular complexity index is 454. The van der Waals surface area contributed by atoms with E-state index in [1.165, 1.54) is 32.1 Å². The van der Waals surface area contributed by atoms with E-state index in [1.807, 2.05) is 0 Å². The minimum Gasteiger partial charge on any atom is -0.353 e. The lowest BCUT2D eigenvalue weighted by Gasteiger charge is -2.32. The maximum atomic E-state index is 4.40. The summed E-state index contributed by atoms with van der Waals surface area (Å²) in [6.07, 6.45) is 11.3. The summed E-state index contributed by atoms with van der Waals surface area (Å²) in [7, 11) is 2.17. The number of likely N-dealkylation sites (N-methyl/N-ethyl adjacent to an activating group) is 1. The zero-order chi connectivity index (χ0) is 14.5. The van der Waals surface area contributed by atoms with E-state index in [0.29, 0.717) is 0 Å². The van der Waals surface area contributed by atoms with Crippen molar-refractivity contribution < 1.29 is 0 Å². The highest BCUT2D eigenvalue weighted by atomic mass is 15.3. The van der Waals surface area contributed by atoms with Gasteiger partial charge in [0.15, 0.2) is 5.82 Å². The molecular weight excluding hydrogens is 260 g/mol. The number of hydrogen-bond acceptors (Lipinski definition) is 4. The number of aromatic nitrogens is 2. The van der Waals surface area contributed by atoms with Crippen molar-refractivity contribution in [3.8, 4) is 0 Å². The first-order valence-corrected chi connectivity index (χ1v) is 8.27. The van der Waals surface area contributed by atoms with Crippen LogP contribution in [0.2, 0.25) is 0 Å². The van der Waals surface area contributed by atoms with Gasteiger partial charge in [-0.05, 0) is 44.0 Å². The number of anilines is 1. The summed E-state index contributed by atoms with van der Waals surface area (Å²) in [5.41, 5.74) is 0.985. The molecule has 0 unspecified atom stereocenters. The van der Waals surface area contributed by atoms with Gasteiger partial charge in [-0.25, -0.2) is 0 Å². The number of rotatable bonds is 3. The zero-order valence-electron chi connectivity index (χ0n) is 13.0. The fraction of sp³-hybridized carbons (Fsp3) is 0.647. The van der Waals surface area contributed by atoms with E-state index in [2.05, 4.69) is 51.3 Å². The minimum atomic E-state index is 0.748. The molecule has 1 saturated carbocycles. The van der Waals surface area contributed by atoms with Crippen LogP contribution in [0, 0.1) is 5.92 Å².